The van der Waals surface area contributed by atoms with Crippen molar-refractivity contribution in [3.8, 4) is 5.69 Å². The third kappa shape index (κ3) is 1.97. The lowest BCUT2D eigenvalue weighted by Crippen LogP contribution is -2.03. The minimum absolute atomic E-state index is 0.0619. The van der Waals surface area contributed by atoms with Gasteiger partial charge in [-0.3, -0.25) is 10.1 Å². The predicted molar refractivity (Wildman–Crippen MR) is 64.9 cm³/mol. The lowest BCUT2D eigenvalue weighted by molar-refractivity contribution is -0.384. The number of nitro groups is 1. The molecule has 0 aliphatic carbocycles. The average Bonchev–Trinajstić information content (AvgIpc) is 2.71. The molecule has 1 aromatic heterocycles. The fourth-order valence-electron chi connectivity index (χ4n) is 1.44. The number of carboxylic acid groups (broad SMARTS) is 1. The average molecular weight is 312 g/mol. The van der Waals surface area contributed by atoms with Crippen molar-refractivity contribution in [1.82, 2.24) is 9.78 Å². The van der Waals surface area contributed by atoms with Gasteiger partial charge in [0.1, 0.15) is 15.9 Å². The summed E-state index contributed by atoms with van der Waals surface area (Å²) in [5.41, 5.74) is -0.0201. The number of nitrogens with zero attached hydrogens (tertiary/aromatic N) is 3. The summed E-state index contributed by atoms with van der Waals surface area (Å²) >= 11 is 3.07. The Morgan fingerprint density at radius 3 is 2.67 bits per heavy atom. The highest BCUT2D eigenvalue weighted by atomic mass is 79.9. The van der Waals surface area contributed by atoms with Crippen molar-refractivity contribution >= 4 is 27.6 Å². The summed E-state index contributed by atoms with van der Waals surface area (Å²) in [5.74, 6) is -1.16. The Bertz CT molecular complexity index is 638. The van der Waals surface area contributed by atoms with Gasteiger partial charge in [-0.1, -0.05) is 12.1 Å². The van der Waals surface area contributed by atoms with E-state index in [1.54, 1.807) is 6.07 Å². The van der Waals surface area contributed by atoms with Gasteiger partial charge in [-0.2, -0.15) is 5.10 Å². The number of aromatic carboxylic acids is 1. The summed E-state index contributed by atoms with van der Waals surface area (Å²) in [6.45, 7) is 0. The highest BCUT2D eigenvalue weighted by Gasteiger charge is 2.20. The van der Waals surface area contributed by atoms with Crippen LogP contribution in [-0.4, -0.2) is 25.8 Å². The smallest absolute Gasteiger partial charge is 0.340 e. The molecule has 0 fully saturated rings. The van der Waals surface area contributed by atoms with E-state index in [9.17, 15) is 14.9 Å². The highest BCUT2D eigenvalue weighted by molar-refractivity contribution is 9.10. The number of hydrogen-bond acceptors (Lipinski definition) is 4. The van der Waals surface area contributed by atoms with E-state index in [2.05, 4.69) is 21.0 Å². The Morgan fingerprint density at radius 1 is 1.44 bits per heavy atom. The first-order valence-corrected chi connectivity index (χ1v) is 5.52. The van der Waals surface area contributed by atoms with Crippen molar-refractivity contribution in [3.05, 3.63) is 50.7 Å². The van der Waals surface area contributed by atoms with Crippen LogP contribution in [0.5, 0.6) is 0 Å². The van der Waals surface area contributed by atoms with Crippen LogP contribution >= 0.6 is 15.9 Å². The third-order valence-electron chi connectivity index (χ3n) is 2.25. The first-order valence-electron chi connectivity index (χ1n) is 4.73. The molecule has 0 saturated heterocycles. The zero-order valence-corrected chi connectivity index (χ0v) is 10.4. The van der Waals surface area contributed by atoms with Crippen LogP contribution in [0.3, 0.4) is 0 Å². The molecule has 1 N–H and O–H groups in total. The van der Waals surface area contributed by atoms with Gasteiger partial charge in [-0.25, -0.2) is 9.48 Å². The molecule has 0 radical (unpaired) electrons. The van der Waals surface area contributed by atoms with Gasteiger partial charge < -0.3 is 5.11 Å². The number of para-hydroxylation sites is 2. The van der Waals surface area contributed by atoms with Gasteiger partial charge >= 0.3 is 5.97 Å². The van der Waals surface area contributed by atoms with E-state index < -0.39 is 10.9 Å². The second-order valence-corrected chi connectivity index (χ2v) is 4.06. The Morgan fingerprint density at radius 2 is 2.11 bits per heavy atom. The number of aromatic nitrogens is 2. The molecule has 18 heavy (non-hydrogen) atoms. The molecule has 0 bridgehead atoms. The van der Waals surface area contributed by atoms with Gasteiger partial charge in [-0.15, -0.1) is 0 Å². The molecule has 2 rings (SSSR count). The van der Waals surface area contributed by atoms with Crippen LogP contribution in [0.4, 0.5) is 5.69 Å². The Kier molecular flexibility index (Phi) is 3.11. The molecule has 0 spiro atoms. The molecule has 7 nitrogen and oxygen atoms in total. The number of hydrogen-bond donors (Lipinski definition) is 1. The van der Waals surface area contributed by atoms with Crippen LogP contribution in [0.1, 0.15) is 10.4 Å². The maximum absolute atomic E-state index is 10.9. The zero-order chi connectivity index (χ0) is 13.3. The summed E-state index contributed by atoms with van der Waals surface area (Å²) in [4.78, 5) is 21.2. The van der Waals surface area contributed by atoms with Crippen molar-refractivity contribution < 1.29 is 14.8 Å². The number of carbonyl (C=O) groups is 1. The summed E-state index contributed by atoms with van der Waals surface area (Å²) in [5, 5.41) is 23.6. The van der Waals surface area contributed by atoms with Crippen LogP contribution in [0.25, 0.3) is 5.69 Å². The quantitative estimate of drug-likeness (QED) is 0.692. The molecular weight excluding hydrogens is 306 g/mol. The largest absolute Gasteiger partial charge is 0.478 e. The van der Waals surface area contributed by atoms with E-state index in [0.29, 0.717) is 0 Å². The van der Waals surface area contributed by atoms with E-state index in [-0.39, 0.29) is 21.5 Å². The van der Waals surface area contributed by atoms with Crippen LogP contribution in [0.15, 0.2) is 35.1 Å². The monoisotopic (exact) mass is 311 g/mol. The minimum atomic E-state index is -1.16. The van der Waals surface area contributed by atoms with Crippen LogP contribution in [-0.2, 0) is 0 Å². The van der Waals surface area contributed by atoms with Gasteiger partial charge in [0.05, 0.1) is 11.1 Å². The molecule has 1 heterocycles. The van der Waals surface area contributed by atoms with Gasteiger partial charge in [-0.05, 0) is 22.0 Å². The van der Waals surface area contributed by atoms with E-state index >= 15 is 0 Å². The second-order valence-electron chi connectivity index (χ2n) is 3.31. The van der Waals surface area contributed by atoms with Crippen LogP contribution in [0.2, 0.25) is 0 Å². The van der Waals surface area contributed by atoms with Crippen molar-refractivity contribution in [1.29, 1.82) is 0 Å². The number of halogens is 1. The molecule has 0 aliphatic heterocycles. The van der Waals surface area contributed by atoms with E-state index in [1.165, 1.54) is 22.9 Å². The molecule has 0 amide bonds. The van der Waals surface area contributed by atoms with Crippen molar-refractivity contribution in [2.45, 2.75) is 0 Å². The van der Waals surface area contributed by atoms with Crippen molar-refractivity contribution in [2.75, 3.05) is 0 Å². The lowest BCUT2D eigenvalue weighted by atomic mass is 10.2. The highest BCUT2D eigenvalue weighted by Crippen LogP contribution is 2.27. The molecule has 92 valence electrons. The molecule has 0 unspecified atom stereocenters. The summed E-state index contributed by atoms with van der Waals surface area (Å²) in [6.07, 6.45) is 1.13. The Labute approximate surface area is 109 Å². The van der Waals surface area contributed by atoms with Crippen molar-refractivity contribution in [3.63, 3.8) is 0 Å². The first-order chi connectivity index (χ1) is 8.52. The number of nitro benzene ring substituents is 1. The molecule has 0 saturated carbocycles. The normalized spacial score (nSPS) is 10.3. The lowest BCUT2D eigenvalue weighted by Gasteiger charge is -2.04. The zero-order valence-electron chi connectivity index (χ0n) is 8.78. The van der Waals surface area contributed by atoms with Crippen LogP contribution < -0.4 is 0 Å². The first kappa shape index (κ1) is 12.2. The topological polar surface area (TPSA) is 98.3 Å². The third-order valence-corrected chi connectivity index (χ3v) is 3.01. The molecule has 8 heteroatoms. The van der Waals surface area contributed by atoms with Crippen molar-refractivity contribution in [2.24, 2.45) is 0 Å². The summed E-state index contributed by atoms with van der Waals surface area (Å²) in [7, 11) is 0. The summed E-state index contributed by atoms with van der Waals surface area (Å²) < 4.78 is 1.33. The van der Waals surface area contributed by atoms with Crippen LogP contribution in [0, 0.1) is 10.1 Å². The summed E-state index contributed by atoms with van der Waals surface area (Å²) in [6, 6.07) is 5.94. The number of benzene rings is 1. The maximum atomic E-state index is 10.9. The van der Waals surface area contributed by atoms with Gasteiger partial charge in [0.2, 0.25) is 0 Å². The Balaban J connectivity index is 2.63. The number of carboxylic acids is 1. The second kappa shape index (κ2) is 4.57. The van der Waals surface area contributed by atoms with E-state index in [1.807, 2.05) is 0 Å². The van der Waals surface area contributed by atoms with Gasteiger partial charge in [0.25, 0.3) is 5.69 Å². The fraction of sp³-hybridized carbons (Fsp3) is 0. The van der Waals surface area contributed by atoms with E-state index in [0.717, 1.165) is 6.20 Å². The molecule has 1 aromatic carbocycles. The van der Waals surface area contributed by atoms with E-state index in [4.69, 9.17) is 5.11 Å². The van der Waals surface area contributed by atoms with Gasteiger partial charge in [0.15, 0.2) is 0 Å². The predicted octanol–water partition coefficient (Wildman–Crippen LogP) is 2.24. The standard InChI is InChI=1S/C10H6BrN3O4/c11-9-6(10(15)16)5-12-13(9)7-3-1-2-4-8(7)14(17)18/h1-5H,(H,15,16). The number of rotatable bonds is 3. The minimum Gasteiger partial charge on any atom is -0.478 e. The Hall–Kier alpha value is -2.22. The molecule has 0 aliphatic rings. The van der Waals surface area contributed by atoms with Gasteiger partial charge in [0, 0.05) is 6.07 Å². The molecule has 0 atom stereocenters. The maximum Gasteiger partial charge on any atom is 0.340 e. The molecule has 2 aromatic rings. The SMILES string of the molecule is O=C(O)c1cnn(-c2ccccc2[N+](=O)[O-])c1Br. The fourth-order valence-corrected chi connectivity index (χ4v) is 2.00. The molecular formula is C10H6BrN3O4.